The van der Waals surface area contributed by atoms with Crippen LogP contribution in [0.4, 0.5) is 4.79 Å². The number of thioether (sulfide) groups is 1. The van der Waals surface area contributed by atoms with E-state index in [1.165, 1.54) is 95.2 Å². The molecule has 146 valence electrons. The number of rotatable bonds is 15. The SMILES string of the molecule is CCCCCCCCCCCCCCCCN1N=CC(C)(C)SC1=O. The van der Waals surface area contributed by atoms with Crippen LogP contribution in [0.5, 0.6) is 0 Å². The van der Waals surface area contributed by atoms with E-state index in [1.54, 1.807) is 5.01 Å². The first-order valence-corrected chi connectivity index (χ1v) is 11.4. The van der Waals surface area contributed by atoms with Crippen LogP contribution in [0.25, 0.3) is 0 Å². The Labute approximate surface area is 160 Å². The Morgan fingerprint density at radius 2 is 1.28 bits per heavy atom. The van der Waals surface area contributed by atoms with E-state index in [2.05, 4.69) is 12.0 Å². The lowest BCUT2D eigenvalue weighted by Gasteiger charge is -2.28. The van der Waals surface area contributed by atoms with Crippen molar-refractivity contribution in [2.75, 3.05) is 6.54 Å². The van der Waals surface area contributed by atoms with E-state index in [-0.39, 0.29) is 9.99 Å². The predicted molar refractivity (Wildman–Crippen MR) is 113 cm³/mol. The van der Waals surface area contributed by atoms with E-state index in [9.17, 15) is 4.79 Å². The highest BCUT2D eigenvalue weighted by atomic mass is 32.2. The van der Waals surface area contributed by atoms with E-state index in [0.717, 1.165) is 13.0 Å². The van der Waals surface area contributed by atoms with E-state index in [0.29, 0.717) is 0 Å². The molecule has 0 spiro atoms. The molecule has 0 aromatic rings. The third-order valence-electron chi connectivity index (χ3n) is 4.79. The van der Waals surface area contributed by atoms with Gasteiger partial charge in [0.05, 0.1) is 4.75 Å². The number of nitrogens with zero attached hydrogens (tertiary/aromatic N) is 2. The first kappa shape index (κ1) is 22.5. The Hall–Kier alpha value is -0.510. The van der Waals surface area contributed by atoms with Crippen LogP contribution in [-0.4, -0.2) is 27.8 Å². The van der Waals surface area contributed by atoms with Crippen LogP contribution in [-0.2, 0) is 0 Å². The monoisotopic (exact) mass is 368 g/mol. The van der Waals surface area contributed by atoms with Crippen molar-refractivity contribution in [3.05, 3.63) is 0 Å². The van der Waals surface area contributed by atoms with Gasteiger partial charge in [-0.2, -0.15) is 5.10 Å². The molecule has 1 rings (SSSR count). The maximum Gasteiger partial charge on any atom is 0.302 e. The van der Waals surface area contributed by atoms with Gasteiger partial charge in [-0.05, 0) is 20.3 Å². The predicted octanol–water partition coefficient (Wildman–Crippen LogP) is 7.40. The lowest BCUT2D eigenvalue weighted by Crippen LogP contribution is -2.34. The third kappa shape index (κ3) is 11.7. The van der Waals surface area contributed by atoms with Gasteiger partial charge < -0.3 is 0 Å². The Kier molecular flexibility index (Phi) is 12.3. The second kappa shape index (κ2) is 13.7. The van der Waals surface area contributed by atoms with Gasteiger partial charge in [0.2, 0.25) is 0 Å². The third-order valence-corrected chi connectivity index (χ3v) is 5.81. The number of hydrogen-bond acceptors (Lipinski definition) is 3. The van der Waals surface area contributed by atoms with Crippen molar-refractivity contribution < 1.29 is 4.79 Å². The minimum Gasteiger partial charge on any atom is -0.260 e. The number of hydrazone groups is 1. The molecule has 0 aromatic carbocycles. The first-order chi connectivity index (χ1) is 12.0. The Morgan fingerprint density at radius 1 is 0.840 bits per heavy atom. The number of hydrogen-bond donors (Lipinski definition) is 0. The number of carbonyl (C=O) groups is 1. The van der Waals surface area contributed by atoms with Crippen LogP contribution >= 0.6 is 11.8 Å². The van der Waals surface area contributed by atoms with Crippen molar-refractivity contribution >= 4 is 23.2 Å². The summed E-state index contributed by atoms with van der Waals surface area (Å²) in [5, 5.41) is 6.03. The number of amides is 1. The minimum atomic E-state index is -0.150. The molecular formula is C21H40N2OS. The molecule has 0 aromatic heterocycles. The molecule has 1 amide bonds. The maximum absolute atomic E-state index is 11.9. The zero-order chi connectivity index (χ0) is 18.4. The molecule has 1 aliphatic rings. The van der Waals surface area contributed by atoms with Gasteiger partial charge in [-0.15, -0.1) is 0 Å². The zero-order valence-electron chi connectivity index (χ0n) is 16.9. The van der Waals surface area contributed by atoms with Crippen molar-refractivity contribution in [1.29, 1.82) is 0 Å². The number of unbranched alkanes of at least 4 members (excludes halogenated alkanes) is 13. The summed E-state index contributed by atoms with van der Waals surface area (Å²) in [7, 11) is 0. The summed E-state index contributed by atoms with van der Waals surface area (Å²) in [6, 6.07) is 0. The van der Waals surface area contributed by atoms with Crippen molar-refractivity contribution in [3.8, 4) is 0 Å². The zero-order valence-corrected chi connectivity index (χ0v) is 17.7. The van der Waals surface area contributed by atoms with E-state index in [1.807, 2.05) is 20.1 Å². The van der Waals surface area contributed by atoms with Crippen molar-refractivity contribution in [3.63, 3.8) is 0 Å². The van der Waals surface area contributed by atoms with Gasteiger partial charge in [0.1, 0.15) is 0 Å². The lowest BCUT2D eigenvalue weighted by atomic mass is 10.0. The maximum atomic E-state index is 11.9. The topological polar surface area (TPSA) is 32.7 Å². The fourth-order valence-corrected chi connectivity index (χ4v) is 3.96. The van der Waals surface area contributed by atoms with Crippen molar-refractivity contribution in [1.82, 2.24) is 5.01 Å². The van der Waals surface area contributed by atoms with E-state index < -0.39 is 0 Å². The highest BCUT2D eigenvalue weighted by molar-refractivity contribution is 8.15. The molecule has 0 fully saturated rings. The van der Waals surface area contributed by atoms with Gasteiger partial charge in [0, 0.05) is 12.8 Å². The molecule has 0 unspecified atom stereocenters. The quantitative estimate of drug-likeness (QED) is 0.282. The Balaban J connectivity index is 1.84. The smallest absolute Gasteiger partial charge is 0.260 e. The number of carbonyl (C=O) groups excluding carboxylic acids is 1. The van der Waals surface area contributed by atoms with Gasteiger partial charge in [-0.3, -0.25) is 4.79 Å². The molecule has 0 aliphatic carbocycles. The molecule has 3 nitrogen and oxygen atoms in total. The molecule has 0 atom stereocenters. The second-order valence-corrected chi connectivity index (χ2v) is 9.54. The molecule has 0 radical (unpaired) electrons. The highest BCUT2D eigenvalue weighted by Gasteiger charge is 2.28. The molecule has 4 heteroatoms. The molecular weight excluding hydrogens is 328 g/mol. The minimum absolute atomic E-state index is 0.0993. The summed E-state index contributed by atoms with van der Waals surface area (Å²) in [6.45, 7) is 7.11. The summed E-state index contributed by atoms with van der Waals surface area (Å²) in [6.07, 6.45) is 20.9. The molecule has 0 bridgehead atoms. The normalized spacial score (nSPS) is 16.6. The summed E-state index contributed by atoms with van der Waals surface area (Å²) in [5.74, 6) is 0. The van der Waals surface area contributed by atoms with Gasteiger partial charge in [0.15, 0.2) is 0 Å². The molecule has 1 aliphatic heterocycles. The molecule has 0 saturated heterocycles. The standard InChI is InChI=1S/C21H40N2OS/c1-4-5-6-7-8-9-10-11-12-13-14-15-16-17-18-23-20(24)25-21(2,3)19-22-23/h19H,4-18H2,1-3H3. The van der Waals surface area contributed by atoms with Crippen LogP contribution < -0.4 is 0 Å². The van der Waals surface area contributed by atoms with Gasteiger partial charge in [-0.25, -0.2) is 5.01 Å². The lowest BCUT2D eigenvalue weighted by molar-refractivity contribution is 0.223. The second-order valence-electron chi connectivity index (χ2n) is 7.94. The van der Waals surface area contributed by atoms with E-state index >= 15 is 0 Å². The molecule has 0 N–H and O–H groups in total. The Bertz CT molecular complexity index is 382. The largest absolute Gasteiger partial charge is 0.302 e. The van der Waals surface area contributed by atoms with Crippen LogP contribution in [0.3, 0.4) is 0 Å². The van der Waals surface area contributed by atoms with Crippen LogP contribution in [0.2, 0.25) is 0 Å². The molecule has 0 saturated carbocycles. The molecule has 25 heavy (non-hydrogen) atoms. The van der Waals surface area contributed by atoms with E-state index in [4.69, 9.17) is 0 Å². The van der Waals surface area contributed by atoms with Gasteiger partial charge in [-0.1, -0.05) is 102 Å². The van der Waals surface area contributed by atoms with Crippen LogP contribution in [0.1, 0.15) is 111 Å². The van der Waals surface area contributed by atoms with Crippen LogP contribution in [0, 0.1) is 0 Å². The van der Waals surface area contributed by atoms with Gasteiger partial charge in [0.25, 0.3) is 0 Å². The average Bonchev–Trinajstić information content (AvgIpc) is 2.56. The summed E-state index contributed by atoms with van der Waals surface area (Å²) in [5.41, 5.74) is 0. The summed E-state index contributed by atoms with van der Waals surface area (Å²) in [4.78, 5) is 11.9. The summed E-state index contributed by atoms with van der Waals surface area (Å²) < 4.78 is -0.150. The highest BCUT2D eigenvalue weighted by Crippen LogP contribution is 2.29. The molecule has 1 heterocycles. The summed E-state index contributed by atoms with van der Waals surface area (Å²) >= 11 is 1.38. The fraction of sp³-hybridized carbons (Fsp3) is 0.905. The average molecular weight is 369 g/mol. The Morgan fingerprint density at radius 3 is 1.72 bits per heavy atom. The van der Waals surface area contributed by atoms with Crippen molar-refractivity contribution in [2.45, 2.75) is 115 Å². The van der Waals surface area contributed by atoms with Crippen LogP contribution in [0.15, 0.2) is 5.10 Å². The fourth-order valence-electron chi connectivity index (χ4n) is 3.17. The van der Waals surface area contributed by atoms with Gasteiger partial charge >= 0.3 is 5.24 Å². The van der Waals surface area contributed by atoms with Crippen molar-refractivity contribution in [2.24, 2.45) is 5.10 Å². The first-order valence-electron chi connectivity index (χ1n) is 10.6.